The van der Waals surface area contributed by atoms with E-state index in [-0.39, 0.29) is 11.1 Å². The van der Waals surface area contributed by atoms with Gasteiger partial charge < -0.3 is 4.43 Å². The first kappa shape index (κ1) is 21.7. The Labute approximate surface area is 159 Å². The van der Waals surface area contributed by atoms with Gasteiger partial charge in [0.2, 0.25) is 0 Å². The first-order valence-electron chi connectivity index (χ1n) is 9.27. The van der Waals surface area contributed by atoms with Crippen molar-refractivity contribution in [3.05, 3.63) is 46.5 Å². The second-order valence-electron chi connectivity index (χ2n) is 8.13. The SMILES string of the molecule is CCCCCC/C=C\C(O[Si](C)(C)C(C)(C)C)c1cccc(Br)c1. The van der Waals surface area contributed by atoms with Crippen LogP contribution in [-0.2, 0) is 4.43 Å². The van der Waals surface area contributed by atoms with Gasteiger partial charge in [-0.15, -0.1) is 0 Å². The molecule has 136 valence electrons. The average Bonchev–Trinajstić information content (AvgIpc) is 2.48. The van der Waals surface area contributed by atoms with E-state index < -0.39 is 8.32 Å². The summed E-state index contributed by atoms with van der Waals surface area (Å²) in [5.74, 6) is 0. The molecule has 0 N–H and O–H groups in total. The molecule has 0 aliphatic carbocycles. The maximum absolute atomic E-state index is 6.70. The molecule has 0 aliphatic heterocycles. The third-order valence-corrected chi connectivity index (χ3v) is 9.89. The van der Waals surface area contributed by atoms with Gasteiger partial charge in [0, 0.05) is 4.47 Å². The van der Waals surface area contributed by atoms with Crippen molar-refractivity contribution in [2.24, 2.45) is 0 Å². The molecule has 0 fully saturated rings. The highest BCUT2D eigenvalue weighted by atomic mass is 79.9. The Morgan fingerprint density at radius 1 is 1.17 bits per heavy atom. The molecule has 3 heteroatoms. The lowest BCUT2D eigenvalue weighted by atomic mass is 10.1. The summed E-state index contributed by atoms with van der Waals surface area (Å²) in [6.07, 6.45) is 11.0. The standard InChI is InChI=1S/C21H35BrOSi/c1-7-8-9-10-11-12-16-20(18-14-13-15-19(22)17-18)23-24(5,6)21(2,3)4/h12-17,20H,7-11H2,1-6H3/b16-12-. The zero-order valence-corrected chi connectivity index (χ0v) is 18.9. The van der Waals surface area contributed by atoms with E-state index in [0.29, 0.717) is 0 Å². The summed E-state index contributed by atoms with van der Waals surface area (Å²) in [5, 5.41) is 0.215. The lowest BCUT2D eigenvalue weighted by Gasteiger charge is -2.38. The van der Waals surface area contributed by atoms with Crippen LogP contribution in [0.3, 0.4) is 0 Å². The van der Waals surface area contributed by atoms with Gasteiger partial charge in [-0.3, -0.25) is 0 Å². The smallest absolute Gasteiger partial charge is 0.193 e. The van der Waals surface area contributed by atoms with E-state index in [2.05, 4.69) is 93.1 Å². The molecule has 0 spiro atoms. The van der Waals surface area contributed by atoms with Gasteiger partial charge in [-0.2, -0.15) is 0 Å². The van der Waals surface area contributed by atoms with Crippen LogP contribution < -0.4 is 0 Å². The molecule has 1 aromatic rings. The second kappa shape index (κ2) is 9.93. The van der Waals surface area contributed by atoms with Gasteiger partial charge in [-0.05, 0) is 48.7 Å². The highest BCUT2D eigenvalue weighted by Crippen LogP contribution is 2.40. The van der Waals surface area contributed by atoms with Crippen molar-refractivity contribution in [1.29, 1.82) is 0 Å². The molecular formula is C21H35BrOSi. The van der Waals surface area contributed by atoms with Gasteiger partial charge in [-0.25, -0.2) is 0 Å². The number of rotatable bonds is 9. The fraction of sp³-hybridized carbons (Fsp3) is 0.619. The summed E-state index contributed by atoms with van der Waals surface area (Å²) < 4.78 is 7.81. The maximum Gasteiger partial charge on any atom is 0.193 e. The van der Waals surface area contributed by atoms with E-state index in [9.17, 15) is 0 Å². The number of benzene rings is 1. The maximum atomic E-state index is 6.70. The average molecular weight is 412 g/mol. The predicted octanol–water partition coefficient (Wildman–Crippen LogP) is 8.04. The first-order valence-corrected chi connectivity index (χ1v) is 13.0. The molecule has 0 radical (unpaired) electrons. The van der Waals surface area contributed by atoms with Gasteiger partial charge in [0.15, 0.2) is 8.32 Å². The van der Waals surface area contributed by atoms with Crippen molar-refractivity contribution in [1.82, 2.24) is 0 Å². The fourth-order valence-corrected chi connectivity index (χ4v) is 3.92. The Morgan fingerprint density at radius 2 is 1.88 bits per heavy atom. The van der Waals surface area contributed by atoms with Crippen LogP contribution >= 0.6 is 15.9 Å². The van der Waals surface area contributed by atoms with Crippen LogP contribution in [-0.4, -0.2) is 8.32 Å². The highest BCUT2D eigenvalue weighted by molar-refractivity contribution is 9.10. The third-order valence-electron chi connectivity index (χ3n) is 4.94. The number of hydrogen-bond donors (Lipinski definition) is 0. The van der Waals surface area contributed by atoms with Gasteiger partial charge >= 0.3 is 0 Å². The molecule has 1 aromatic carbocycles. The van der Waals surface area contributed by atoms with Crippen molar-refractivity contribution in [2.45, 2.75) is 84.0 Å². The van der Waals surface area contributed by atoms with Crippen LogP contribution in [0.1, 0.15) is 71.5 Å². The van der Waals surface area contributed by atoms with Crippen molar-refractivity contribution < 1.29 is 4.43 Å². The summed E-state index contributed by atoms with van der Waals surface area (Å²) >= 11 is 3.59. The molecule has 24 heavy (non-hydrogen) atoms. The number of halogens is 1. The Kier molecular flexibility index (Phi) is 8.97. The van der Waals surface area contributed by atoms with Gasteiger partial charge in [0.1, 0.15) is 0 Å². The molecule has 0 bridgehead atoms. The normalized spacial score (nSPS) is 14.3. The van der Waals surface area contributed by atoms with Crippen molar-refractivity contribution in [3.63, 3.8) is 0 Å². The second-order valence-corrected chi connectivity index (χ2v) is 13.8. The fourth-order valence-electron chi connectivity index (χ4n) is 2.30. The molecule has 0 saturated carbocycles. The van der Waals surface area contributed by atoms with E-state index >= 15 is 0 Å². The predicted molar refractivity (Wildman–Crippen MR) is 113 cm³/mol. The van der Waals surface area contributed by atoms with E-state index in [4.69, 9.17) is 4.43 Å². The Morgan fingerprint density at radius 3 is 2.46 bits per heavy atom. The Bertz CT molecular complexity index is 517. The number of unbranched alkanes of at least 4 members (excludes halogenated alkanes) is 4. The minimum Gasteiger partial charge on any atom is -0.407 e. The largest absolute Gasteiger partial charge is 0.407 e. The van der Waals surface area contributed by atoms with Gasteiger partial charge in [0.05, 0.1) is 6.10 Å². The monoisotopic (exact) mass is 410 g/mol. The van der Waals surface area contributed by atoms with E-state index in [1.165, 1.54) is 31.2 Å². The third kappa shape index (κ3) is 7.24. The van der Waals surface area contributed by atoms with E-state index in [1.807, 2.05) is 0 Å². The molecule has 0 amide bonds. The first-order chi connectivity index (χ1) is 11.2. The van der Waals surface area contributed by atoms with Gasteiger partial charge in [-0.1, -0.05) is 87.2 Å². The zero-order valence-electron chi connectivity index (χ0n) is 16.4. The van der Waals surface area contributed by atoms with E-state index in [0.717, 1.165) is 10.9 Å². The van der Waals surface area contributed by atoms with Crippen LogP contribution in [0.4, 0.5) is 0 Å². The summed E-state index contributed by atoms with van der Waals surface area (Å²) in [5.41, 5.74) is 1.24. The summed E-state index contributed by atoms with van der Waals surface area (Å²) in [7, 11) is -1.82. The van der Waals surface area contributed by atoms with Crippen LogP contribution in [0.25, 0.3) is 0 Å². The van der Waals surface area contributed by atoms with Gasteiger partial charge in [0.25, 0.3) is 0 Å². The van der Waals surface area contributed by atoms with Crippen molar-refractivity contribution in [3.8, 4) is 0 Å². The summed E-state index contributed by atoms with van der Waals surface area (Å²) in [6, 6.07) is 8.51. The lowest BCUT2D eigenvalue weighted by molar-refractivity contribution is 0.229. The molecule has 0 heterocycles. The lowest BCUT2D eigenvalue weighted by Crippen LogP contribution is -2.41. The topological polar surface area (TPSA) is 9.23 Å². The summed E-state index contributed by atoms with van der Waals surface area (Å²) in [4.78, 5) is 0. The molecule has 0 aliphatic rings. The molecule has 1 unspecified atom stereocenters. The molecule has 1 atom stereocenters. The van der Waals surface area contributed by atoms with Crippen LogP contribution in [0, 0.1) is 0 Å². The summed E-state index contributed by atoms with van der Waals surface area (Å²) in [6.45, 7) is 13.8. The molecular weight excluding hydrogens is 376 g/mol. The molecule has 0 aromatic heterocycles. The van der Waals surface area contributed by atoms with E-state index in [1.54, 1.807) is 0 Å². The van der Waals surface area contributed by atoms with Crippen LogP contribution in [0.15, 0.2) is 40.9 Å². The van der Waals surface area contributed by atoms with Crippen molar-refractivity contribution >= 4 is 24.2 Å². The van der Waals surface area contributed by atoms with Crippen LogP contribution in [0.2, 0.25) is 18.1 Å². The molecule has 1 rings (SSSR count). The van der Waals surface area contributed by atoms with Crippen molar-refractivity contribution in [2.75, 3.05) is 0 Å². The van der Waals surface area contributed by atoms with Crippen LogP contribution in [0.5, 0.6) is 0 Å². The zero-order chi connectivity index (χ0) is 18.2. The minimum atomic E-state index is -1.82. The number of hydrogen-bond acceptors (Lipinski definition) is 1. The highest BCUT2D eigenvalue weighted by Gasteiger charge is 2.39. The number of allylic oxidation sites excluding steroid dienone is 1. The Balaban J connectivity index is 2.86. The molecule has 0 saturated heterocycles. The molecule has 1 nitrogen and oxygen atoms in total. The quantitative estimate of drug-likeness (QED) is 0.227. The Hall–Kier alpha value is -0.383. The minimum absolute atomic E-state index is 0.0505.